The van der Waals surface area contributed by atoms with Gasteiger partial charge in [-0.3, -0.25) is 9.59 Å². The van der Waals surface area contributed by atoms with Gasteiger partial charge in [0.15, 0.2) is 11.9 Å². The van der Waals surface area contributed by atoms with Crippen molar-refractivity contribution < 1.29 is 14.3 Å². The number of aryl methyl sites for hydroxylation is 2. The number of nitrogens with one attached hydrogen (secondary N) is 1. The molecule has 152 valence electrons. The molecule has 8 nitrogen and oxygen atoms in total. The predicted molar refractivity (Wildman–Crippen MR) is 112 cm³/mol. The van der Waals surface area contributed by atoms with Crippen molar-refractivity contribution >= 4 is 46.5 Å². The molecule has 10 heteroatoms. The van der Waals surface area contributed by atoms with Crippen LogP contribution in [0.4, 0.5) is 5.69 Å². The zero-order valence-electron chi connectivity index (χ0n) is 16.3. The molecule has 0 saturated heterocycles. The van der Waals surface area contributed by atoms with Crippen molar-refractivity contribution in [2.45, 2.75) is 26.8 Å². The number of carbonyl (C=O) groups is 2. The number of amides is 2. The molecule has 29 heavy (non-hydrogen) atoms. The Balaban J connectivity index is 2.11. The number of benzene rings is 1. The molecule has 0 aliphatic carbocycles. The van der Waals surface area contributed by atoms with E-state index in [1.807, 2.05) is 13.0 Å². The molecule has 1 aliphatic heterocycles. The summed E-state index contributed by atoms with van der Waals surface area (Å²) in [6, 6.07) is 3.88. The van der Waals surface area contributed by atoms with E-state index in [0.29, 0.717) is 5.75 Å². The second-order valence-corrected chi connectivity index (χ2v) is 7.40. The lowest BCUT2D eigenvalue weighted by Crippen LogP contribution is -2.39. The van der Waals surface area contributed by atoms with Crippen LogP contribution in [0.5, 0.6) is 5.75 Å². The zero-order valence-corrected chi connectivity index (χ0v) is 17.8. The van der Waals surface area contributed by atoms with Gasteiger partial charge in [-0.25, -0.2) is 4.68 Å². The Morgan fingerprint density at radius 1 is 1.24 bits per heavy atom. The van der Waals surface area contributed by atoms with E-state index >= 15 is 0 Å². The Hall–Kier alpha value is -2.84. The molecule has 1 unspecified atom stereocenters. The largest absolute Gasteiger partial charge is 0.497 e. The molecule has 1 aliphatic rings. The number of aromatic nitrogens is 2. The van der Waals surface area contributed by atoms with Crippen LogP contribution in [0.1, 0.15) is 24.4 Å². The van der Waals surface area contributed by atoms with Crippen molar-refractivity contribution in [1.82, 2.24) is 15.1 Å². The number of nitrogens with zero attached hydrogens (tertiary/aromatic N) is 4. The summed E-state index contributed by atoms with van der Waals surface area (Å²) in [6.45, 7) is 8.79. The minimum Gasteiger partial charge on any atom is -0.497 e. The fourth-order valence-corrected chi connectivity index (χ4v) is 3.54. The molecule has 2 aromatic rings. The Kier molecular flexibility index (Phi) is 5.68. The van der Waals surface area contributed by atoms with Crippen molar-refractivity contribution in [2.24, 2.45) is 5.10 Å². The fraction of sp³-hybridized carbons (Fsp3) is 0.263. The van der Waals surface area contributed by atoms with Crippen molar-refractivity contribution in [3.05, 3.63) is 51.8 Å². The molecule has 0 bridgehead atoms. The molecular formula is C19H19Cl2N5O3. The summed E-state index contributed by atoms with van der Waals surface area (Å²) in [4.78, 5) is 25.5. The fourth-order valence-electron chi connectivity index (χ4n) is 2.91. The molecule has 0 fully saturated rings. The first-order valence-corrected chi connectivity index (χ1v) is 9.34. The van der Waals surface area contributed by atoms with E-state index in [4.69, 9.17) is 27.9 Å². The summed E-state index contributed by atoms with van der Waals surface area (Å²) in [5, 5.41) is 12.7. The highest BCUT2D eigenvalue weighted by Crippen LogP contribution is 2.40. The Labute approximate surface area is 177 Å². The standard InChI is InChI=1S/C19H19Cl2N5O3/c1-9(2)18(27)22-17-16(25-11(4)6-10(3)23-25)19(28)26(24-17)15-13(20)7-12(29-5)8-14(15)21/h6-8,16H,1H2,2-5H3,(H,22,24,27). The van der Waals surface area contributed by atoms with Gasteiger partial charge in [-0.05, 0) is 26.8 Å². The SMILES string of the molecule is C=C(C)C(=O)NC1=NN(c2c(Cl)cc(OC)cc2Cl)C(=O)C1n1nc(C)cc1C. The normalized spacial score (nSPS) is 16.1. The average molecular weight is 436 g/mol. The lowest BCUT2D eigenvalue weighted by Gasteiger charge is -2.18. The van der Waals surface area contributed by atoms with Gasteiger partial charge in [0, 0.05) is 23.4 Å². The van der Waals surface area contributed by atoms with E-state index in [-0.39, 0.29) is 27.1 Å². The van der Waals surface area contributed by atoms with Crippen molar-refractivity contribution in [3.8, 4) is 5.75 Å². The highest BCUT2D eigenvalue weighted by Gasteiger charge is 2.42. The lowest BCUT2D eigenvalue weighted by molar-refractivity contribution is -0.119. The van der Waals surface area contributed by atoms with Crippen molar-refractivity contribution in [1.29, 1.82) is 0 Å². The van der Waals surface area contributed by atoms with E-state index in [1.54, 1.807) is 13.8 Å². The van der Waals surface area contributed by atoms with Crippen LogP contribution in [0.2, 0.25) is 10.0 Å². The highest BCUT2D eigenvalue weighted by atomic mass is 35.5. The van der Waals surface area contributed by atoms with Crippen LogP contribution in [0.25, 0.3) is 0 Å². The van der Waals surface area contributed by atoms with Crippen LogP contribution >= 0.6 is 23.2 Å². The molecule has 2 heterocycles. The maximum absolute atomic E-state index is 13.3. The average Bonchev–Trinajstić information content (AvgIpc) is 3.12. The minimum atomic E-state index is -0.985. The topological polar surface area (TPSA) is 88.8 Å². The van der Waals surface area contributed by atoms with Crippen LogP contribution in [0.3, 0.4) is 0 Å². The highest BCUT2D eigenvalue weighted by molar-refractivity contribution is 6.40. The van der Waals surface area contributed by atoms with Gasteiger partial charge < -0.3 is 10.1 Å². The molecule has 1 N–H and O–H groups in total. The predicted octanol–water partition coefficient (Wildman–Crippen LogP) is 3.41. The van der Waals surface area contributed by atoms with Crippen LogP contribution < -0.4 is 15.1 Å². The van der Waals surface area contributed by atoms with Gasteiger partial charge in [0.05, 0.1) is 22.8 Å². The maximum Gasteiger partial charge on any atom is 0.280 e. The summed E-state index contributed by atoms with van der Waals surface area (Å²) in [5.74, 6) is -0.401. The molecule has 3 rings (SSSR count). The van der Waals surface area contributed by atoms with E-state index in [0.717, 1.165) is 16.4 Å². The summed E-state index contributed by atoms with van der Waals surface area (Å²) in [5.41, 5.74) is 1.91. The van der Waals surface area contributed by atoms with Gasteiger partial charge in [-0.1, -0.05) is 29.8 Å². The lowest BCUT2D eigenvalue weighted by atomic mass is 10.2. The van der Waals surface area contributed by atoms with Gasteiger partial charge in [0.1, 0.15) is 11.4 Å². The smallest absolute Gasteiger partial charge is 0.280 e. The summed E-state index contributed by atoms with van der Waals surface area (Å²) < 4.78 is 6.64. The first kappa shape index (κ1) is 20.9. The third kappa shape index (κ3) is 3.86. The van der Waals surface area contributed by atoms with Crippen molar-refractivity contribution in [3.63, 3.8) is 0 Å². The van der Waals surface area contributed by atoms with Gasteiger partial charge in [0.25, 0.3) is 11.8 Å². The molecule has 2 amide bonds. The number of methoxy groups -OCH3 is 1. The molecule has 1 aromatic heterocycles. The third-order valence-electron chi connectivity index (χ3n) is 4.27. The molecule has 0 saturated carbocycles. The molecule has 1 aromatic carbocycles. The number of hydrogen-bond acceptors (Lipinski definition) is 5. The number of hydrogen-bond donors (Lipinski definition) is 1. The number of anilines is 1. The maximum atomic E-state index is 13.3. The molecule has 0 radical (unpaired) electrons. The van der Waals surface area contributed by atoms with E-state index < -0.39 is 17.9 Å². The Bertz CT molecular complexity index is 1040. The number of halogens is 2. The van der Waals surface area contributed by atoms with Crippen LogP contribution in [0, 0.1) is 13.8 Å². The van der Waals surface area contributed by atoms with Gasteiger partial charge in [-0.15, -0.1) is 5.10 Å². The number of carbonyl (C=O) groups excluding carboxylic acids is 2. The van der Waals surface area contributed by atoms with Crippen LogP contribution in [-0.2, 0) is 9.59 Å². The third-order valence-corrected chi connectivity index (χ3v) is 4.84. The Morgan fingerprint density at radius 3 is 2.34 bits per heavy atom. The summed E-state index contributed by atoms with van der Waals surface area (Å²) >= 11 is 12.7. The molecule has 0 spiro atoms. The molecular weight excluding hydrogens is 417 g/mol. The second-order valence-electron chi connectivity index (χ2n) is 6.58. The van der Waals surface area contributed by atoms with Gasteiger partial charge in [-0.2, -0.15) is 10.1 Å². The van der Waals surface area contributed by atoms with E-state index in [9.17, 15) is 9.59 Å². The van der Waals surface area contributed by atoms with Gasteiger partial charge in [0.2, 0.25) is 0 Å². The quantitative estimate of drug-likeness (QED) is 0.745. The van der Waals surface area contributed by atoms with Gasteiger partial charge >= 0.3 is 0 Å². The van der Waals surface area contributed by atoms with E-state index in [2.05, 4.69) is 22.1 Å². The van der Waals surface area contributed by atoms with Crippen LogP contribution in [-0.4, -0.2) is 34.5 Å². The second kappa shape index (κ2) is 7.88. The summed E-state index contributed by atoms with van der Waals surface area (Å²) in [6.07, 6.45) is 0. The number of amidine groups is 1. The summed E-state index contributed by atoms with van der Waals surface area (Å²) in [7, 11) is 1.48. The first-order valence-electron chi connectivity index (χ1n) is 8.59. The first-order chi connectivity index (χ1) is 13.6. The monoisotopic (exact) mass is 435 g/mol. The van der Waals surface area contributed by atoms with Crippen LogP contribution in [0.15, 0.2) is 35.5 Å². The minimum absolute atomic E-state index is 0.0946. The molecule has 1 atom stereocenters. The van der Waals surface area contributed by atoms with Crippen molar-refractivity contribution in [2.75, 3.05) is 12.1 Å². The number of hydrazone groups is 1. The number of rotatable bonds is 4. The number of ether oxygens (including phenoxy) is 1. The van der Waals surface area contributed by atoms with E-state index in [1.165, 1.54) is 23.9 Å². The zero-order chi connectivity index (χ0) is 21.5. The Morgan fingerprint density at radius 2 is 1.86 bits per heavy atom.